The third kappa shape index (κ3) is 2.52. The highest BCUT2D eigenvalue weighted by Gasteiger charge is 2.17. The Morgan fingerprint density at radius 2 is 2.20 bits per heavy atom. The topological polar surface area (TPSA) is 96.4 Å². The Balaban J connectivity index is 3.18. The molecule has 0 aromatic carbocycles. The van der Waals surface area contributed by atoms with E-state index >= 15 is 0 Å². The van der Waals surface area contributed by atoms with Crippen molar-refractivity contribution < 1.29 is 23.8 Å². The number of hydrogen-bond donors (Lipinski definition) is 3. The molecule has 0 bridgehead atoms. The summed E-state index contributed by atoms with van der Waals surface area (Å²) in [7, 11) is 0. The minimum atomic E-state index is -2.86. The molecule has 1 aromatic heterocycles. The van der Waals surface area contributed by atoms with Gasteiger partial charge in [0.15, 0.2) is 5.75 Å². The molecule has 0 aliphatic heterocycles. The summed E-state index contributed by atoms with van der Waals surface area (Å²) >= 11 is 0. The molecule has 4 N–H and O–H groups in total. The van der Waals surface area contributed by atoms with Crippen molar-refractivity contribution in [2.45, 2.75) is 12.8 Å². The van der Waals surface area contributed by atoms with Crippen molar-refractivity contribution in [3.8, 4) is 5.75 Å². The highest BCUT2D eigenvalue weighted by molar-refractivity contribution is 5.72. The van der Waals surface area contributed by atoms with Crippen LogP contribution in [-0.4, -0.2) is 21.2 Å². The van der Waals surface area contributed by atoms with Crippen molar-refractivity contribution in [3.63, 3.8) is 0 Å². The lowest BCUT2D eigenvalue weighted by Crippen LogP contribution is -2.06. The first-order valence-electron chi connectivity index (χ1n) is 3.90. The second-order valence-corrected chi connectivity index (χ2v) is 2.80. The van der Waals surface area contributed by atoms with E-state index in [0.29, 0.717) is 0 Å². The first kappa shape index (κ1) is 11.2. The van der Waals surface area contributed by atoms with E-state index in [9.17, 15) is 18.7 Å². The Morgan fingerprint density at radius 1 is 1.60 bits per heavy atom. The van der Waals surface area contributed by atoms with Crippen molar-refractivity contribution in [2.75, 3.05) is 5.73 Å². The Labute approximate surface area is 83.2 Å². The maximum Gasteiger partial charge on any atom is 0.309 e. The van der Waals surface area contributed by atoms with Crippen LogP contribution in [0.3, 0.4) is 0 Å². The largest absolute Gasteiger partial charge is 0.504 e. The number of halogens is 2. The summed E-state index contributed by atoms with van der Waals surface area (Å²) in [6.45, 7) is 0. The first-order chi connectivity index (χ1) is 6.91. The van der Waals surface area contributed by atoms with Crippen LogP contribution in [0.5, 0.6) is 5.75 Å². The molecule has 0 aliphatic rings. The van der Waals surface area contributed by atoms with Gasteiger partial charge in [-0.2, -0.15) is 0 Å². The van der Waals surface area contributed by atoms with Crippen molar-refractivity contribution in [3.05, 3.63) is 17.5 Å². The number of hydrogen-bond acceptors (Lipinski definition) is 4. The molecule has 1 heterocycles. The van der Waals surface area contributed by atoms with Gasteiger partial charge in [-0.3, -0.25) is 4.79 Å². The van der Waals surface area contributed by atoms with Crippen LogP contribution in [0, 0.1) is 0 Å². The van der Waals surface area contributed by atoms with Crippen LogP contribution >= 0.6 is 0 Å². The molecule has 1 rings (SSSR count). The van der Waals surface area contributed by atoms with Crippen LogP contribution in [0.25, 0.3) is 0 Å². The molecule has 0 saturated heterocycles. The maximum atomic E-state index is 12.2. The van der Waals surface area contributed by atoms with E-state index in [1.165, 1.54) is 0 Å². The average Bonchev–Trinajstić information content (AvgIpc) is 2.11. The fraction of sp³-hybridized carbons (Fsp3) is 0.250. The number of nitrogen functional groups attached to an aromatic ring is 1. The van der Waals surface area contributed by atoms with E-state index in [1.54, 1.807) is 0 Å². The molecule has 82 valence electrons. The van der Waals surface area contributed by atoms with Gasteiger partial charge >= 0.3 is 5.97 Å². The SMILES string of the molecule is Nc1cc(C(F)F)nc(CC(=O)O)c1O. The first-order valence-corrected chi connectivity index (χ1v) is 3.90. The Bertz CT molecular complexity index is 396. The molecule has 0 fully saturated rings. The van der Waals surface area contributed by atoms with E-state index in [-0.39, 0.29) is 11.4 Å². The van der Waals surface area contributed by atoms with Crippen LogP contribution in [0.2, 0.25) is 0 Å². The van der Waals surface area contributed by atoms with Gasteiger partial charge in [-0.15, -0.1) is 0 Å². The summed E-state index contributed by atoms with van der Waals surface area (Å²) in [5.74, 6) is -1.86. The van der Waals surface area contributed by atoms with Gasteiger partial charge in [0.1, 0.15) is 5.69 Å². The number of nitrogens with zero attached hydrogens (tertiary/aromatic N) is 1. The van der Waals surface area contributed by atoms with E-state index < -0.39 is 30.3 Å². The van der Waals surface area contributed by atoms with Gasteiger partial charge in [0.05, 0.1) is 17.8 Å². The zero-order chi connectivity index (χ0) is 11.6. The molecular weight excluding hydrogens is 210 g/mol. The van der Waals surface area contributed by atoms with Crippen LogP contribution in [0.1, 0.15) is 17.8 Å². The minimum absolute atomic E-state index is 0.309. The van der Waals surface area contributed by atoms with Gasteiger partial charge in [0.25, 0.3) is 6.43 Å². The second-order valence-electron chi connectivity index (χ2n) is 2.80. The third-order valence-corrected chi connectivity index (χ3v) is 1.66. The average molecular weight is 218 g/mol. The van der Waals surface area contributed by atoms with Gasteiger partial charge in [-0.1, -0.05) is 0 Å². The zero-order valence-corrected chi connectivity index (χ0v) is 7.44. The highest BCUT2D eigenvalue weighted by Crippen LogP contribution is 2.28. The van der Waals surface area contributed by atoms with E-state index in [1.807, 2.05) is 0 Å². The molecule has 0 radical (unpaired) electrons. The molecule has 15 heavy (non-hydrogen) atoms. The zero-order valence-electron chi connectivity index (χ0n) is 7.44. The lowest BCUT2D eigenvalue weighted by Gasteiger charge is -2.07. The third-order valence-electron chi connectivity index (χ3n) is 1.66. The summed E-state index contributed by atoms with van der Waals surface area (Å²) in [6.07, 6.45) is -3.52. The van der Waals surface area contributed by atoms with Gasteiger partial charge in [-0.05, 0) is 6.07 Å². The lowest BCUT2D eigenvalue weighted by molar-refractivity contribution is -0.136. The number of pyridine rings is 1. The molecule has 0 atom stereocenters. The van der Waals surface area contributed by atoms with Crippen LogP contribution in [0.4, 0.5) is 14.5 Å². The summed E-state index contributed by atoms with van der Waals surface area (Å²) < 4.78 is 24.5. The summed E-state index contributed by atoms with van der Waals surface area (Å²) in [6, 6.07) is 0.811. The standard InChI is InChI=1S/C8H8F2N2O3/c9-8(10)5-1-3(11)7(15)4(12-5)2-6(13)14/h1,8,15H,2H2,(H2,11,12)(H,13,14). The number of carboxylic acid groups (broad SMARTS) is 1. The predicted molar refractivity (Wildman–Crippen MR) is 46.6 cm³/mol. The quantitative estimate of drug-likeness (QED) is 0.701. The Kier molecular flexibility index (Phi) is 3.03. The van der Waals surface area contributed by atoms with Crippen LogP contribution < -0.4 is 5.73 Å². The number of nitrogens with two attached hydrogens (primary N) is 1. The number of alkyl halides is 2. The monoisotopic (exact) mass is 218 g/mol. The fourth-order valence-corrected chi connectivity index (χ4v) is 1.01. The van der Waals surface area contributed by atoms with Gasteiger partial charge < -0.3 is 15.9 Å². The van der Waals surface area contributed by atoms with Crippen LogP contribution in [-0.2, 0) is 11.2 Å². The number of carboxylic acids is 1. The molecule has 5 nitrogen and oxygen atoms in total. The van der Waals surface area contributed by atoms with Gasteiger partial charge in [0.2, 0.25) is 0 Å². The van der Waals surface area contributed by atoms with Crippen molar-refractivity contribution in [1.82, 2.24) is 4.98 Å². The number of carbonyl (C=O) groups is 1. The molecule has 0 unspecified atom stereocenters. The van der Waals surface area contributed by atoms with E-state index in [2.05, 4.69) is 4.98 Å². The fourth-order valence-electron chi connectivity index (χ4n) is 1.01. The second kappa shape index (κ2) is 4.07. The van der Waals surface area contributed by atoms with E-state index in [4.69, 9.17) is 10.8 Å². The molecule has 0 spiro atoms. The highest BCUT2D eigenvalue weighted by atomic mass is 19.3. The van der Waals surface area contributed by atoms with Crippen LogP contribution in [0.15, 0.2) is 6.07 Å². The summed E-state index contributed by atoms with van der Waals surface area (Å²) in [4.78, 5) is 13.6. The Hall–Kier alpha value is -1.92. The molecule has 0 amide bonds. The molecule has 0 saturated carbocycles. The summed E-state index contributed by atoms with van der Waals surface area (Å²) in [5, 5.41) is 17.7. The number of aromatic nitrogens is 1. The minimum Gasteiger partial charge on any atom is -0.504 e. The van der Waals surface area contributed by atoms with E-state index in [0.717, 1.165) is 6.07 Å². The number of aromatic hydroxyl groups is 1. The number of aliphatic carboxylic acids is 1. The van der Waals surface area contributed by atoms with Crippen molar-refractivity contribution >= 4 is 11.7 Å². The lowest BCUT2D eigenvalue weighted by atomic mass is 10.2. The molecule has 1 aromatic rings. The maximum absolute atomic E-state index is 12.2. The Morgan fingerprint density at radius 3 is 2.67 bits per heavy atom. The van der Waals surface area contributed by atoms with Gasteiger partial charge in [0, 0.05) is 0 Å². The number of rotatable bonds is 3. The normalized spacial score (nSPS) is 10.6. The predicted octanol–water partition coefficient (Wildman–Crippen LogP) is 0.934. The molecule has 0 aliphatic carbocycles. The number of anilines is 1. The van der Waals surface area contributed by atoms with Gasteiger partial charge in [-0.25, -0.2) is 13.8 Å². The smallest absolute Gasteiger partial charge is 0.309 e. The summed E-state index contributed by atoms with van der Waals surface area (Å²) in [5.41, 5.74) is 3.90. The van der Waals surface area contributed by atoms with Crippen molar-refractivity contribution in [1.29, 1.82) is 0 Å². The molecular formula is C8H8F2N2O3. The molecule has 7 heteroatoms. The van der Waals surface area contributed by atoms with Crippen molar-refractivity contribution in [2.24, 2.45) is 0 Å².